The van der Waals surface area contributed by atoms with Gasteiger partial charge in [-0.15, -0.1) is 0 Å². The van der Waals surface area contributed by atoms with Crippen LogP contribution in [0.2, 0.25) is 0 Å². The molecule has 1 aromatic carbocycles. The molecule has 19 heavy (non-hydrogen) atoms. The van der Waals surface area contributed by atoms with Crippen LogP contribution in [0.25, 0.3) is 0 Å². The van der Waals surface area contributed by atoms with Crippen LogP contribution in [0.5, 0.6) is 5.75 Å². The van der Waals surface area contributed by atoms with Gasteiger partial charge < -0.3 is 15.3 Å². The van der Waals surface area contributed by atoms with Crippen molar-refractivity contribution in [2.75, 3.05) is 27.2 Å². The first-order valence-electron chi connectivity index (χ1n) is 6.58. The van der Waals surface area contributed by atoms with Crippen LogP contribution in [-0.2, 0) is 0 Å². The van der Waals surface area contributed by atoms with Gasteiger partial charge in [0, 0.05) is 24.7 Å². The second kappa shape index (κ2) is 6.35. The van der Waals surface area contributed by atoms with Crippen molar-refractivity contribution in [3.63, 3.8) is 0 Å². The highest BCUT2D eigenvalue weighted by Gasteiger charge is 2.20. The number of phenols is 1. The maximum atomic E-state index is 13.2. The first-order valence-corrected chi connectivity index (χ1v) is 6.58. The molecule has 0 saturated heterocycles. The molecule has 0 heterocycles. The Morgan fingerprint density at radius 3 is 2.58 bits per heavy atom. The molecule has 108 valence electrons. The largest absolute Gasteiger partial charge is 0.508 e. The van der Waals surface area contributed by atoms with Gasteiger partial charge in [-0.05, 0) is 44.6 Å². The van der Waals surface area contributed by atoms with E-state index in [0.717, 1.165) is 13.1 Å². The van der Waals surface area contributed by atoms with Gasteiger partial charge in [-0.2, -0.15) is 0 Å². The van der Waals surface area contributed by atoms with E-state index in [1.807, 2.05) is 21.0 Å². The fraction of sp³-hybridized carbons (Fsp3) is 0.600. The Morgan fingerprint density at radius 1 is 1.37 bits per heavy atom. The van der Waals surface area contributed by atoms with Gasteiger partial charge in [-0.25, -0.2) is 4.39 Å². The SMILES string of the molecule is CC(NCC(C)(C)CN(C)C)c1cc(F)ccc1O. The number of phenolic OH excluding ortho intramolecular Hbond substituents is 1. The van der Waals surface area contributed by atoms with Crippen LogP contribution in [0.3, 0.4) is 0 Å². The van der Waals surface area contributed by atoms with E-state index in [-0.39, 0.29) is 23.0 Å². The van der Waals surface area contributed by atoms with Crippen LogP contribution in [-0.4, -0.2) is 37.2 Å². The number of rotatable bonds is 6. The molecule has 1 unspecified atom stereocenters. The van der Waals surface area contributed by atoms with Crippen LogP contribution in [0, 0.1) is 11.2 Å². The van der Waals surface area contributed by atoms with Gasteiger partial charge in [0.05, 0.1) is 0 Å². The van der Waals surface area contributed by atoms with E-state index in [9.17, 15) is 9.50 Å². The fourth-order valence-electron chi connectivity index (χ4n) is 2.32. The lowest BCUT2D eigenvalue weighted by Gasteiger charge is -2.30. The van der Waals surface area contributed by atoms with Crippen LogP contribution in [0.15, 0.2) is 18.2 Å². The highest BCUT2D eigenvalue weighted by atomic mass is 19.1. The van der Waals surface area contributed by atoms with Crippen LogP contribution >= 0.6 is 0 Å². The van der Waals surface area contributed by atoms with Crippen LogP contribution in [0.4, 0.5) is 4.39 Å². The van der Waals surface area contributed by atoms with E-state index in [0.29, 0.717) is 5.56 Å². The van der Waals surface area contributed by atoms with E-state index < -0.39 is 0 Å². The molecular formula is C15H25FN2O. The number of benzene rings is 1. The molecule has 1 atom stereocenters. The number of aromatic hydroxyl groups is 1. The standard InChI is InChI=1S/C15H25FN2O/c1-11(13-8-12(16)6-7-14(13)19)17-9-15(2,3)10-18(4)5/h6-8,11,17,19H,9-10H2,1-5H3. The summed E-state index contributed by atoms with van der Waals surface area (Å²) >= 11 is 0. The van der Waals surface area contributed by atoms with E-state index in [1.54, 1.807) is 0 Å². The van der Waals surface area contributed by atoms with E-state index >= 15 is 0 Å². The van der Waals surface area contributed by atoms with Crippen molar-refractivity contribution >= 4 is 0 Å². The average molecular weight is 268 g/mol. The zero-order chi connectivity index (χ0) is 14.6. The van der Waals surface area contributed by atoms with Crippen molar-refractivity contribution in [2.24, 2.45) is 5.41 Å². The maximum Gasteiger partial charge on any atom is 0.123 e. The summed E-state index contributed by atoms with van der Waals surface area (Å²) in [4.78, 5) is 2.14. The molecule has 0 spiro atoms. The quantitative estimate of drug-likeness (QED) is 0.833. The minimum atomic E-state index is -0.325. The molecule has 0 aliphatic heterocycles. The lowest BCUT2D eigenvalue weighted by molar-refractivity contribution is 0.226. The van der Waals surface area contributed by atoms with Gasteiger partial charge in [-0.1, -0.05) is 13.8 Å². The third-order valence-electron chi connectivity index (χ3n) is 3.09. The molecule has 1 rings (SSSR count). The number of nitrogens with zero attached hydrogens (tertiary/aromatic N) is 1. The summed E-state index contributed by atoms with van der Waals surface area (Å²) in [6.45, 7) is 8.04. The first-order chi connectivity index (χ1) is 8.71. The maximum absolute atomic E-state index is 13.2. The Labute approximate surface area is 115 Å². The summed E-state index contributed by atoms with van der Waals surface area (Å²) < 4.78 is 13.2. The number of nitrogens with one attached hydrogen (secondary N) is 1. The lowest BCUT2D eigenvalue weighted by Crippen LogP contribution is -2.38. The first kappa shape index (κ1) is 15.9. The van der Waals surface area contributed by atoms with Crippen LogP contribution in [0.1, 0.15) is 32.4 Å². The van der Waals surface area contributed by atoms with Gasteiger partial charge in [0.15, 0.2) is 0 Å². The van der Waals surface area contributed by atoms with E-state index in [1.165, 1.54) is 18.2 Å². The van der Waals surface area contributed by atoms with Crippen molar-refractivity contribution in [3.05, 3.63) is 29.6 Å². The molecule has 0 fully saturated rings. The lowest BCUT2D eigenvalue weighted by atomic mass is 9.92. The second-order valence-electron chi connectivity index (χ2n) is 6.21. The Bertz CT molecular complexity index is 419. The molecular weight excluding hydrogens is 243 g/mol. The van der Waals surface area contributed by atoms with Crippen molar-refractivity contribution in [2.45, 2.75) is 26.8 Å². The molecule has 3 nitrogen and oxygen atoms in total. The Morgan fingerprint density at radius 2 is 2.00 bits per heavy atom. The zero-order valence-electron chi connectivity index (χ0n) is 12.5. The Balaban J connectivity index is 2.65. The molecule has 0 amide bonds. The molecule has 2 N–H and O–H groups in total. The summed E-state index contributed by atoms with van der Waals surface area (Å²) in [7, 11) is 4.09. The highest BCUT2D eigenvalue weighted by molar-refractivity contribution is 5.34. The number of hydrogen-bond acceptors (Lipinski definition) is 3. The normalized spacial score (nSPS) is 13.8. The van der Waals surface area contributed by atoms with Gasteiger partial charge in [0.2, 0.25) is 0 Å². The minimum Gasteiger partial charge on any atom is -0.508 e. The Hall–Kier alpha value is -1.13. The zero-order valence-corrected chi connectivity index (χ0v) is 12.5. The van der Waals surface area contributed by atoms with Gasteiger partial charge in [0.1, 0.15) is 11.6 Å². The molecule has 0 saturated carbocycles. The molecule has 0 aromatic heterocycles. The van der Waals surface area contributed by atoms with Crippen molar-refractivity contribution in [1.82, 2.24) is 10.2 Å². The van der Waals surface area contributed by atoms with E-state index in [4.69, 9.17) is 0 Å². The summed E-state index contributed by atoms with van der Waals surface area (Å²) in [5, 5.41) is 13.1. The molecule has 4 heteroatoms. The van der Waals surface area contributed by atoms with Gasteiger partial charge in [-0.3, -0.25) is 0 Å². The smallest absolute Gasteiger partial charge is 0.123 e. The topological polar surface area (TPSA) is 35.5 Å². The molecule has 0 aliphatic carbocycles. The van der Waals surface area contributed by atoms with Gasteiger partial charge in [0.25, 0.3) is 0 Å². The van der Waals surface area contributed by atoms with Gasteiger partial charge >= 0.3 is 0 Å². The fourth-order valence-corrected chi connectivity index (χ4v) is 2.32. The minimum absolute atomic E-state index is 0.0860. The van der Waals surface area contributed by atoms with Crippen LogP contribution < -0.4 is 5.32 Å². The van der Waals surface area contributed by atoms with Crippen molar-refractivity contribution < 1.29 is 9.50 Å². The summed E-state index contributed by atoms with van der Waals surface area (Å²) in [5.41, 5.74) is 0.710. The highest BCUT2D eigenvalue weighted by Crippen LogP contribution is 2.25. The molecule has 0 bridgehead atoms. The molecule has 0 radical (unpaired) electrons. The van der Waals surface area contributed by atoms with E-state index in [2.05, 4.69) is 24.1 Å². The third kappa shape index (κ3) is 5.17. The molecule has 0 aliphatic rings. The monoisotopic (exact) mass is 268 g/mol. The number of halogens is 1. The molecule has 1 aromatic rings. The second-order valence-corrected chi connectivity index (χ2v) is 6.21. The summed E-state index contributed by atoms with van der Waals surface area (Å²) in [5.74, 6) is -0.194. The van der Waals surface area contributed by atoms with Crippen molar-refractivity contribution in [1.29, 1.82) is 0 Å². The van der Waals surface area contributed by atoms with Crippen molar-refractivity contribution in [3.8, 4) is 5.75 Å². The predicted molar refractivity (Wildman–Crippen MR) is 76.8 cm³/mol. The third-order valence-corrected chi connectivity index (χ3v) is 3.09. The average Bonchev–Trinajstić information content (AvgIpc) is 2.27. The number of hydrogen-bond donors (Lipinski definition) is 2. The summed E-state index contributed by atoms with van der Waals surface area (Å²) in [6, 6.07) is 3.96. The Kier molecular flexibility index (Phi) is 5.32. The predicted octanol–water partition coefficient (Wildman–Crippen LogP) is 2.77. The summed E-state index contributed by atoms with van der Waals surface area (Å²) in [6.07, 6.45) is 0.